The largest absolute Gasteiger partial charge is 0.373 e. The van der Waals surface area contributed by atoms with Crippen LogP contribution in [0, 0.1) is 5.41 Å². The highest BCUT2D eigenvalue weighted by Crippen LogP contribution is 2.26. The molecule has 0 aliphatic rings. The third-order valence-electron chi connectivity index (χ3n) is 4.88. The molecule has 0 saturated heterocycles. The standard InChI is InChI=1S/C25H52O5/c1-9-12-15-18-26-22(25(7,8)28-20-17-14-11-3)23(27-19-16-13-10-2)30-29-21-24(4,5)6/h22-23H,9-21H2,1-8H3. The predicted octanol–water partition coefficient (Wildman–Crippen LogP) is 7.07. The van der Waals surface area contributed by atoms with Crippen LogP contribution >= 0.6 is 0 Å². The van der Waals surface area contributed by atoms with E-state index < -0.39 is 11.9 Å². The lowest BCUT2D eigenvalue weighted by molar-refractivity contribution is -0.413. The lowest BCUT2D eigenvalue weighted by Crippen LogP contribution is -2.51. The van der Waals surface area contributed by atoms with Crippen molar-refractivity contribution in [3.05, 3.63) is 0 Å². The van der Waals surface area contributed by atoms with Crippen LogP contribution in [0.3, 0.4) is 0 Å². The maximum atomic E-state index is 6.31. The van der Waals surface area contributed by atoms with Gasteiger partial charge in [0.15, 0.2) is 0 Å². The molecule has 182 valence electrons. The van der Waals surface area contributed by atoms with Gasteiger partial charge in [-0.15, -0.1) is 0 Å². The molecule has 0 radical (unpaired) electrons. The molecule has 0 aromatic carbocycles. The summed E-state index contributed by atoms with van der Waals surface area (Å²) in [6.07, 6.45) is 9.01. The van der Waals surface area contributed by atoms with Gasteiger partial charge < -0.3 is 14.2 Å². The first-order chi connectivity index (χ1) is 14.2. The second-order valence-electron chi connectivity index (χ2n) is 10.0. The van der Waals surface area contributed by atoms with Crippen molar-refractivity contribution in [2.45, 2.75) is 131 Å². The molecule has 0 N–H and O–H groups in total. The average molecular weight is 433 g/mol. The van der Waals surface area contributed by atoms with Crippen molar-refractivity contribution in [2.75, 3.05) is 26.4 Å². The quantitative estimate of drug-likeness (QED) is 0.0890. The Bertz CT molecular complexity index is 378. The first-order valence-electron chi connectivity index (χ1n) is 12.3. The van der Waals surface area contributed by atoms with E-state index in [2.05, 4.69) is 55.4 Å². The van der Waals surface area contributed by atoms with Gasteiger partial charge in [-0.2, -0.15) is 0 Å². The van der Waals surface area contributed by atoms with E-state index in [1.807, 2.05) is 0 Å². The van der Waals surface area contributed by atoms with Gasteiger partial charge in [-0.3, -0.25) is 0 Å². The molecule has 0 aliphatic heterocycles. The lowest BCUT2D eigenvalue weighted by atomic mass is 9.99. The number of unbranched alkanes of at least 4 members (excludes halogenated alkanes) is 6. The molecular weight excluding hydrogens is 380 g/mol. The Morgan fingerprint density at radius 1 is 0.633 bits per heavy atom. The van der Waals surface area contributed by atoms with Gasteiger partial charge in [0.1, 0.15) is 6.10 Å². The molecule has 0 saturated carbocycles. The second-order valence-corrected chi connectivity index (χ2v) is 10.0. The van der Waals surface area contributed by atoms with Crippen LogP contribution in [0.25, 0.3) is 0 Å². The summed E-state index contributed by atoms with van der Waals surface area (Å²) in [4.78, 5) is 11.4. The zero-order chi connectivity index (χ0) is 22.9. The Balaban J connectivity index is 5.17. The summed E-state index contributed by atoms with van der Waals surface area (Å²) >= 11 is 0. The SMILES string of the molecule is CCCCCOC(OOCC(C)(C)C)C(OCCCCC)C(C)(C)OCCCCC. The predicted molar refractivity (Wildman–Crippen MR) is 125 cm³/mol. The van der Waals surface area contributed by atoms with Gasteiger partial charge in [-0.1, -0.05) is 80.1 Å². The summed E-state index contributed by atoms with van der Waals surface area (Å²) in [5.74, 6) is 0. The first kappa shape index (κ1) is 29.8. The minimum absolute atomic E-state index is 0.0103. The highest BCUT2D eigenvalue weighted by Gasteiger charge is 2.40. The molecule has 2 atom stereocenters. The molecule has 0 rings (SSSR count). The Labute approximate surface area is 187 Å². The van der Waals surface area contributed by atoms with Crippen LogP contribution in [0.5, 0.6) is 0 Å². The van der Waals surface area contributed by atoms with Crippen LogP contribution in [-0.2, 0) is 24.0 Å². The fourth-order valence-corrected chi connectivity index (χ4v) is 2.93. The van der Waals surface area contributed by atoms with Crippen LogP contribution < -0.4 is 0 Å². The Kier molecular flexibility index (Phi) is 17.3. The van der Waals surface area contributed by atoms with Crippen molar-refractivity contribution >= 4 is 0 Å². The Morgan fingerprint density at radius 2 is 1.13 bits per heavy atom. The third-order valence-corrected chi connectivity index (χ3v) is 4.88. The molecule has 0 fully saturated rings. The van der Waals surface area contributed by atoms with E-state index in [-0.39, 0.29) is 11.5 Å². The first-order valence-corrected chi connectivity index (χ1v) is 12.3. The molecule has 0 aromatic heterocycles. The molecule has 0 aliphatic carbocycles. The molecule has 2 unspecified atom stereocenters. The molecule has 0 amide bonds. The fourth-order valence-electron chi connectivity index (χ4n) is 2.93. The summed E-state index contributed by atoms with van der Waals surface area (Å²) in [6.45, 7) is 19.6. The van der Waals surface area contributed by atoms with Crippen LogP contribution in [-0.4, -0.2) is 44.4 Å². The molecule has 0 bridgehead atoms. The molecular formula is C25H52O5. The van der Waals surface area contributed by atoms with E-state index >= 15 is 0 Å². The van der Waals surface area contributed by atoms with Crippen LogP contribution in [0.4, 0.5) is 0 Å². The van der Waals surface area contributed by atoms with E-state index in [0.29, 0.717) is 26.4 Å². The molecule has 0 heterocycles. The maximum Gasteiger partial charge on any atom is 0.220 e. The van der Waals surface area contributed by atoms with Crippen LogP contribution in [0.1, 0.15) is 113 Å². The Hall–Kier alpha value is -0.200. The van der Waals surface area contributed by atoms with E-state index in [0.717, 1.165) is 44.9 Å². The number of ether oxygens (including phenoxy) is 3. The van der Waals surface area contributed by atoms with Gasteiger partial charge in [-0.05, 0) is 38.5 Å². The van der Waals surface area contributed by atoms with E-state index in [1.54, 1.807) is 0 Å². The number of rotatable bonds is 20. The van der Waals surface area contributed by atoms with Crippen molar-refractivity contribution in [1.29, 1.82) is 0 Å². The summed E-state index contributed by atoms with van der Waals surface area (Å²) in [5.41, 5.74) is -0.531. The van der Waals surface area contributed by atoms with Gasteiger partial charge in [0.05, 0.1) is 12.2 Å². The van der Waals surface area contributed by atoms with E-state index in [1.165, 1.54) is 12.8 Å². The third kappa shape index (κ3) is 15.6. The normalized spacial score (nSPS) is 14.8. The minimum atomic E-state index is -0.619. The summed E-state index contributed by atoms with van der Waals surface area (Å²) in [6, 6.07) is 0. The number of hydrogen-bond donors (Lipinski definition) is 0. The van der Waals surface area contributed by atoms with Gasteiger partial charge in [-0.25, -0.2) is 9.78 Å². The lowest BCUT2D eigenvalue weighted by Gasteiger charge is -2.38. The summed E-state index contributed by atoms with van der Waals surface area (Å²) in [7, 11) is 0. The Morgan fingerprint density at radius 3 is 1.63 bits per heavy atom. The fraction of sp³-hybridized carbons (Fsp3) is 1.00. The highest BCUT2D eigenvalue weighted by atomic mass is 17.2. The van der Waals surface area contributed by atoms with Gasteiger partial charge in [0.25, 0.3) is 0 Å². The van der Waals surface area contributed by atoms with E-state index in [9.17, 15) is 0 Å². The molecule has 0 aromatic rings. The molecule has 5 nitrogen and oxygen atoms in total. The van der Waals surface area contributed by atoms with Crippen LogP contribution in [0.15, 0.2) is 0 Å². The van der Waals surface area contributed by atoms with Crippen molar-refractivity contribution in [1.82, 2.24) is 0 Å². The molecule has 0 spiro atoms. The van der Waals surface area contributed by atoms with E-state index in [4.69, 9.17) is 24.0 Å². The minimum Gasteiger partial charge on any atom is -0.373 e. The zero-order valence-corrected chi connectivity index (χ0v) is 21.4. The zero-order valence-electron chi connectivity index (χ0n) is 21.4. The maximum absolute atomic E-state index is 6.31. The van der Waals surface area contributed by atoms with Crippen LogP contribution in [0.2, 0.25) is 0 Å². The van der Waals surface area contributed by atoms with Gasteiger partial charge in [0, 0.05) is 19.8 Å². The highest BCUT2D eigenvalue weighted by molar-refractivity contribution is 4.84. The average Bonchev–Trinajstić information content (AvgIpc) is 2.66. The summed E-state index contributed by atoms with van der Waals surface area (Å²) in [5, 5.41) is 0. The number of hydrogen-bond acceptors (Lipinski definition) is 5. The monoisotopic (exact) mass is 432 g/mol. The van der Waals surface area contributed by atoms with Gasteiger partial charge in [0.2, 0.25) is 6.29 Å². The second kappa shape index (κ2) is 17.4. The van der Waals surface area contributed by atoms with Crippen molar-refractivity contribution in [3.8, 4) is 0 Å². The smallest absolute Gasteiger partial charge is 0.220 e. The van der Waals surface area contributed by atoms with Crippen molar-refractivity contribution in [3.63, 3.8) is 0 Å². The topological polar surface area (TPSA) is 46.2 Å². The molecule has 5 heteroatoms. The molecule has 30 heavy (non-hydrogen) atoms. The van der Waals surface area contributed by atoms with Crippen molar-refractivity contribution in [2.24, 2.45) is 5.41 Å². The van der Waals surface area contributed by atoms with Gasteiger partial charge >= 0.3 is 0 Å². The van der Waals surface area contributed by atoms with Crippen molar-refractivity contribution < 1.29 is 24.0 Å². The summed E-state index contributed by atoms with van der Waals surface area (Å²) < 4.78 is 18.7.